The van der Waals surface area contributed by atoms with Gasteiger partial charge in [-0.1, -0.05) is 6.90 Å². The van der Waals surface area contributed by atoms with Crippen LogP contribution in [0, 0.1) is 0 Å². The molecule has 58 valence electrons. The van der Waals surface area contributed by atoms with Crippen molar-refractivity contribution in [2.45, 2.75) is 32.2 Å². The fourth-order valence-electron chi connectivity index (χ4n) is 1.49. The Bertz CT molecular complexity index is 129. The fraction of sp³-hybridized carbons (Fsp3) is 0.875. The number of carbonyl (C=O) groups excluding carboxylic acids is 1. The Hall–Kier alpha value is -0.370. The van der Waals surface area contributed by atoms with Gasteiger partial charge in [-0.2, -0.15) is 0 Å². The Morgan fingerprint density at radius 2 is 2.80 bits per heavy atom. The first-order valence-corrected chi connectivity index (χ1v) is 3.87. The number of rotatable bonds is 3. The smallest absolute Gasteiger partial charge is 0.137 e. The van der Waals surface area contributed by atoms with Gasteiger partial charge < -0.3 is 4.79 Å². The quantitative estimate of drug-likeness (QED) is 0.549. The highest BCUT2D eigenvalue weighted by Crippen LogP contribution is 2.14. The molecule has 0 unspecified atom stereocenters. The van der Waals surface area contributed by atoms with Crippen LogP contribution in [0.2, 0.25) is 0 Å². The first kappa shape index (κ1) is 6.35. The Labute approximate surface area is 63.6 Å². The molecule has 1 rings (SSSR count). The maximum Gasteiger partial charge on any atom is 0.137 e. The van der Waals surface area contributed by atoms with Crippen LogP contribution in [0.25, 0.3) is 0 Å². The highest BCUT2D eigenvalue weighted by molar-refractivity contribution is 5.58. The van der Waals surface area contributed by atoms with Gasteiger partial charge in [0.1, 0.15) is 6.29 Å². The van der Waals surface area contributed by atoms with Gasteiger partial charge in [0.25, 0.3) is 0 Å². The predicted molar refractivity (Wildman–Crippen MR) is 41.0 cm³/mol. The maximum atomic E-state index is 10.5. The minimum Gasteiger partial charge on any atom is -0.302 e. The normalized spacial score (nSPS) is 28.4. The van der Waals surface area contributed by atoms with Crippen molar-refractivity contribution in [2.24, 2.45) is 0 Å². The van der Waals surface area contributed by atoms with E-state index in [0.29, 0.717) is 6.90 Å². The molecule has 0 saturated carbocycles. The summed E-state index contributed by atoms with van der Waals surface area (Å²) in [5.74, 6) is 0. The molecule has 0 aromatic carbocycles. The summed E-state index contributed by atoms with van der Waals surface area (Å²) < 4.78 is 6.97. The van der Waals surface area contributed by atoms with Gasteiger partial charge in [0.05, 0.1) is 6.04 Å². The summed E-state index contributed by atoms with van der Waals surface area (Å²) in [5.41, 5.74) is 0. The molecular weight excluding hydrogens is 126 g/mol. The second kappa shape index (κ2) is 3.71. The molecule has 0 aliphatic carbocycles. The van der Waals surface area contributed by atoms with Gasteiger partial charge >= 0.3 is 0 Å². The molecule has 0 aromatic rings. The summed E-state index contributed by atoms with van der Waals surface area (Å²) in [7, 11) is 0. The average molecular weight is 142 g/mol. The Morgan fingerprint density at radius 3 is 3.50 bits per heavy atom. The Morgan fingerprint density at radius 1 is 1.90 bits per heavy atom. The molecule has 0 amide bonds. The van der Waals surface area contributed by atoms with E-state index in [1.807, 2.05) is 0 Å². The Balaban J connectivity index is 2.25. The average Bonchev–Trinajstić information content (AvgIpc) is 2.47. The first-order valence-electron chi connectivity index (χ1n) is 4.58. The largest absolute Gasteiger partial charge is 0.302 e. The van der Waals surface area contributed by atoms with Crippen molar-refractivity contribution < 1.29 is 6.17 Å². The second-order valence-corrected chi connectivity index (χ2v) is 2.74. The zero-order valence-electron chi connectivity index (χ0n) is 7.25. The van der Waals surface area contributed by atoms with Crippen molar-refractivity contribution in [3.63, 3.8) is 0 Å². The van der Waals surface area contributed by atoms with E-state index in [-0.39, 0.29) is 6.04 Å². The van der Waals surface area contributed by atoms with Crippen LogP contribution in [-0.2, 0) is 4.79 Å². The predicted octanol–water partition coefficient (Wildman–Crippen LogP) is 1.06. The monoisotopic (exact) mass is 142 g/mol. The van der Waals surface area contributed by atoms with E-state index in [4.69, 9.17) is 1.37 Å². The number of aldehydes is 1. The van der Waals surface area contributed by atoms with Crippen molar-refractivity contribution in [1.29, 1.82) is 0 Å². The highest BCUT2D eigenvalue weighted by atomic mass is 16.1. The second-order valence-electron chi connectivity index (χ2n) is 2.74. The molecule has 2 nitrogen and oxygen atoms in total. The number of hydrogen-bond donors (Lipinski definition) is 0. The number of likely N-dealkylation sites (tertiary alicyclic amines) is 1. The standard InChI is InChI=1S/C8H15NO/c1-2-5-9-6-3-4-8(9)7-10/h7-8H,2-6H2,1H3/t8-/m0/s1/i1D. The summed E-state index contributed by atoms with van der Waals surface area (Å²) in [4.78, 5) is 12.7. The van der Waals surface area contributed by atoms with Crippen LogP contribution in [0.3, 0.4) is 0 Å². The summed E-state index contributed by atoms with van der Waals surface area (Å²) in [6.45, 7) is 2.44. The summed E-state index contributed by atoms with van der Waals surface area (Å²) >= 11 is 0. The van der Waals surface area contributed by atoms with E-state index in [2.05, 4.69) is 4.90 Å². The molecule has 0 spiro atoms. The van der Waals surface area contributed by atoms with Gasteiger partial charge in [0.2, 0.25) is 0 Å². The van der Waals surface area contributed by atoms with Crippen molar-refractivity contribution >= 4 is 6.29 Å². The molecule has 0 radical (unpaired) electrons. The maximum absolute atomic E-state index is 10.5. The zero-order valence-corrected chi connectivity index (χ0v) is 6.25. The lowest BCUT2D eigenvalue weighted by molar-refractivity contribution is -0.111. The van der Waals surface area contributed by atoms with Crippen LogP contribution < -0.4 is 0 Å². The van der Waals surface area contributed by atoms with E-state index >= 15 is 0 Å². The van der Waals surface area contributed by atoms with Crippen LogP contribution in [0.15, 0.2) is 0 Å². The summed E-state index contributed by atoms with van der Waals surface area (Å²) in [5, 5.41) is 0. The Kier molecular flexibility index (Phi) is 2.36. The van der Waals surface area contributed by atoms with Gasteiger partial charge in [-0.05, 0) is 32.4 Å². The molecule has 0 aromatic heterocycles. The van der Waals surface area contributed by atoms with Crippen LogP contribution in [-0.4, -0.2) is 30.3 Å². The van der Waals surface area contributed by atoms with Crippen LogP contribution in [0.5, 0.6) is 0 Å². The molecule has 1 fully saturated rings. The van der Waals surface area contributed by atoms with Crippen LogP contribution >= 0.6 is 0 Å². The molecule has 0 bridgehead atoms. The van der Waals surface area contributed by atoms with Crippen LogP contribution in [0.1, 0.15) is 27.5 Å². The highest BCUT2D eigenvalue weighted by Gasteiger charge is 2.22. The van der Waals surface area contributed by atoms with Crippen molar-refractivity contribution in [2.75, 3.05) is 13.1 Å². The lowest BCUT2D eigenvalue weighted by atomic mass is 10.2. The first-order chi connectivity index (χ1) is 5.38. The molecule has 1 aliphatic rings. The molecule has 1 saturated heterocycles. The van der Waals surface area contributed by atoms with Gasteiger partial charge in [-0.25, -0.2) is 0 Å². The van der Waals surface area contributed by atoms with E-state index in [0.717, 1.165) is 38.6 Å². The molecular formula is C8H15NO. The topological polar surface area (TPSA) is 20.3 Å². The third-order valence-electron chi connectivity index (χ3n) is 2.02. The third-order valence-corrected chi connectivity index (χ3v) is 2.02. The lowest BCUT2D eigenvalue weighted by Crippen LogP contribution is -2.30. The van der Waals surface area contributed by atoms with E-state index in [1.165, 1.54) is 0 Å². The molecule has 10 heavy (non-hydrogen) atoms. The SMILES string of the molecule is [2H]CCCN1CCC[C@H]1C=O. The third kappa shape index (κ3) is 1.57. The molecule has 1 aliphatic heterocycles. The van der Waals surface area contributed by atoms with E-state index in [9.17, 15) is 4.79 Å². The van der Waals surface area contributed by atoms with Gasteiger partial charge in [-0.15, -0.1) is 0 Å². The van der Waals surface area contributed by atoms with Crippen molar-refractivity contribution in [1.82, 2.24) is 4.90 Å². The van der Waals surface area contributed by atoms with Gasteiger partial charge in [0, 0.05) is 1.37 Å². The van der Waals surface area contributed by atoms with E-state index in [1.54, 1.807) is 0 Å². The number of carbonyl (C=O) groups is 1. The fourth-order valence-corrected chi connectivity index (χ4v) is 1.49. The molecule has 2 heteroatoms. The minimum atomic E-state index is 0.154. The minimum absolute atomic E-state index is 0.154. The van der Waals surface area contributed by atoms with Crippen LogP contribution in [0.4, 0.5) is 0 Å². The van der Waals surface area contributed by atoms with Gasteiger partial charge in [0.15, 0.2) is 0 Å². The lowest BCUT2D eigenvalue weighted by Gasteiger charge is -2.17. The van der Waals surface area contributed by atoms with Crippen molar-refractivity contribution in [3.05, 3.63) is 0 Å². The summed E-state index contributed by atoms with van der Waals surface area (Å²) in [6, 6.07) is 0.154. The van der Waals surface area contributed by atoms with Crippen molar-refractivity contribution in [3.8, 4) is 0 Å². The molecule has 1 atom stereocenters. The van der Waals surface area contributed by atoms with Gasteiger partial charge in [-0.3, -0.25) is 4.90 Å². The zero-order chi connectivity index (χ0) is 8.10. The number of hydrogen-bond acceptors (Lipinski definition) is 2. The molecule has 0 N–H and O–H groups in total. The number of nitrogens with zero attached hydrogens (tertiary/aromatic N) is 1. The molecule has 1 heterocycles. The summed E-state index contributed by atoms with van der Waals surface area (Å²) in [6.07, 6.45) is 4.09. The van der Waals surface area contributed by atoms with E-state index < -0.39 is 0 Å².